The summed E-state index contributed by atoms with van der Waals surface area (Å²) in [6.07, 6.45) is -3.86. The molecule has 1 aromatic carbocycles. The number of alkyl halides is 3. The lowest BCUT2D eigenvalue weighted by Crippen LogP contribution is -2.47. The number of carbonyl (C=O) groups excluding carboxylic acids is 3. The van der Waals surface area contributed by atoms with Gasteiger partial charge in [0.15, 0.2) is 0 Å². The van der Waals surface area contributed by atoms with Crippen molar-refractivity contribution in [3.63, 3.8) is 0 Å². The second-order valence-corrected chi connectivity index (χ2v) is 8.42. The molecule has 1 aliphatic heterocycles. The number of piperazine rings is 1. The van der Waals surface area contributed by atoms with E-state index in [1.165, 1.54) is 6.92 Å². The zero-order valence-electron chi connectivity index (χ0n) is 20.2. The minimum absolute atomic E-state index is 0.0804. The van der Waals surface area contributed by atoms with Crippen LogP contribution in [0.25, 0.3) is 0 Å². The summed E-state index contributed by atoms with van der Waals surface area (Å²) >= 11 is 0. The van der Waals surface area contributed by atoms with Gasteiger partial charge in [0.25, 0.3) is 5.91 Å². The average Bonchev–Trinajstić information content (AvgIpc) is 2.79. The van der Waals surface area contributed by atoms with E-state index in [1.54, 1.807) is 29.2 Å². The fourth-order valence-corrected chi connectivity index (χ4v) is 3.11. The first-order valence-corrected chi connectivity index (χ1v) is 11.3. The maximum absolute atomic E-state index is 13.0. The third-order valence-corrected chi connectivity index (χ3v) is 5.02. The molecule has 1 aromatic rings. The SMILES string of the molecule is CC(=O)Nc1ccc(C(=O)N(CCC(=O)N2CCNCC2)CCC(C)C)cc1.O=C(O)C(F)(F)F. The molecule has 0 atom stereocenters. The Bertz CT molecular complexity index is 854. The van der Waals surface area contributed by atoms with Crippen LogP contribution in [0.15, 0.2) is 24.3 Å². The second-order valence-electron chi connectivity index (χ2n) is 8.42. The molecule has 0 aliphatic carbocycles. The van der Waals surface area contributed by atoms with E-state index in [9.17, 15) is 27.6 Å². The highest BCUT2D eigenvalue weighted by atomic mass is 19.4. The molecule has 2 rings (SSSR count). The highest BCUT2D eigenvalue weighted by Gasteiger charge is 2.38. The summed E-state index contributed by atoms with van der Waals surface area (Å²) < 4.78 is 31.7. The Balaban J connectivity index is 0.000000762. The van der Waals surface area contributed by atoms with E-state index >= 15 is 0 Å². The van der Waals surface area contributed by atoms with Crippen LogP contribution >= 0.6 is 0 Å². The van der Waals surface area contributed by atoms with E-state index in [0.717, 1.165) is 32.6 Å². The predicted octanol–water partition coefficient (Wildman–Crippen LogP) is 2.59. The summed E-state index contributed by atoms with van der Waals surface area (Å²) in [5, 5.41) is 13.1. The molecule has 9 nitrogen and oxygen atoms in total. The molecule has 0 unspecified atom stereocenters. The van der Waals surface area contributed by atoms with Gasteiger partial charge in [-0.2, -0.15) is 13.2 Å². The molecule has 0 saturated carbocycles. The number of hydrogen-bond donors (Lipinski definition) is 3. The van der Waals surface area contributed by atoms with Crippen molar-refractivity contribution in [2.75, 3.05) is 44.6 Å². The molecular weight excluding hydrogens is 469 g/mol. The van der Waals surface area contributed by atoms with Crippen LogP contribution in [0.4, 0.5) is 18.9 Å². The van der Waals surface area contributed by atoms with Gasteiger partial charge in [0.2, 0.25) is 11.8 Å². The molecule has 3 amide bonds. The van der Waals surface area contributed by atoms with E-state index in [4.69, 9.17) is 9.90 Å². The van der Waals surface area contributed by atoms with Gasteiger partial charge in [-0.1, -0.05) is 13.8 Å². The van der Waals surface area contributed by atoms with Gasteiger partial charge in [-0.05, 0) is 36.6 Å². The number of anilines is 1. The first kappa shape index (κ1) is 29.9. The molecule has 35 heavy (non-hydrogen) atoms. The number of aliphatic carboxylic acids is 1. The van der Waals surface area contributed by atoms with Gasteiger partial charge in [0.05, 0.1) is 0 Å². The van der Waals surface area contributed by atoms with Gasteiger partial charge in [-0.15, -0.1) is 0 Å². The van der Waals surface area contributed by atoms with Crippen LogP contribution in [0.2, 0.25) is 0 Å². The Morgan fingerprint density at radius 3 is 2.09 bits per heavy atom. The van der Waals surface area contributed by atoms with Gasteiger partial charge < -0.3 is 25.5 Å². The highest BCUT2D eigenvalue weighted by molar-refractivity contribution is 5.95. The van der Waals surface area contributed by atoms with Crippen molar-refractivity contribution in [1.82, 2.24) is 15.1 Å². The van der Waals surface area contributed by atoms with Crippen molar-refractivity contribution in [2.24, 2.45) is 5.92 Å². The standard InChI is InChI=1S/C21H32N4O3.C2HF3O2/c1-16(2)8-12-25(13-9-20(27)24-14-10-22-11-15-24)21(28)18-4-6-19(7-5-18)23-17(3)26;3-2(4,5)1(6)7/h4-7,16,22H,8-15H2,1-3H3,(H,23,26);(H,6,7). The van der Waals surface area contributed by atoms with E-state index in [0.29, 0.717) is 36.7 Å². The fourth-order valence-electron chi connectivity index (χ4n) is 3.11. The predicted molar refractivity (Wildman–Crippen MR) is 124 cm³/mol. The third-order valence-electron chi connectivity index (χ3n) is 5.02. The van der Waals surface area contributed by atoms with Crippen LogP contribution in [0.5, 0.6) is 0 Å². The lowest BCUT2D eigenvalue weighted by molar-refractivity contribution is -0.192. The van der Waals surface area contributed by atoms with Crippen LogP contribution in [-0.2, 0) is 14.4 Å². The number of carboxylic acids is 1. The first-order valence-electron chi connectivity index (χ1n) is 11.3. The van der Waals surface area contributed by atoms with Crippen molar-refractivity contribution in [1.29, 1.82) is 0 Å². The van der Waals surface area contributed by atoms with Crippen LogP contribution in [0, 0.1) is 5.92 Å². The maximum atomic E-state index is 13.0. The van der Waals surface area contributed by atoms with Crippen molar-refractivity contribution in [2.45, 2.75) is 39.8 Å². The maximum Gasteiger partial charge on any atom is 0.490 e. The van der Waals surface area contributed by atoms with Gasteiger partial charge in [-0.3, -0.25) is 14.4 Å². The Labute approximate surface area is 202 Å². The number of amides is 3. The number of carbonyl (C=O) groups is 4. The quantitative estimate of drug-likeness (QED) is 0.503. The van der Waals surface area contributed by atoms with Crippen molar-refractivity contribution < 1.29 is 37.5 Å². The molecule has 0 bridgehead atoms. The largest absolute Gasteiger partial charge is 0.490 e. The Hall–Kier alpha value is -3.15. The van der Waals surface area contributed by atoms with E-state index in [1.807, 2.05) is 4.90 Å². The van der Waals surface area contributed by atoms with Crippen molar-refractivity contribution >= 4 is 29.4 Å². The van der Waals surface area contributed by atoms with Crippen LogP contribution < -0.4 is 10.6 Å². The summed E-state index contributed by atoms with van der Waals surface area (Å²) in [4.78, 5) is 49.1. The van der Waals surface area contributed by atoms with Crippen LogP contribution in [0.3, 0.4) is 0 Å². The summed E-state index contributed by atoms with van der Waals surface area (Å²) in [6, 6.07) is 6.88. The number of benzene rings is 1. The summed E-state index contributed by atoms with van der Waals surface area (Å²) in [5.41, 5.74) is 1.22. The number of carboxylic acid groups (broad SMARTS) is 1. The molecule has 196 valence electrons. The van der Waals surface area contributed by atoms with E-state index in [-0.39, 0.29) is 17.7 Å². The average molecular weight is 503 g/mol. The molecule has 3 N–H and O–H groups in total. The zero-order chi connectivity index (χ0) is 26.6. The van der Waals surface area contributed by atoms with Crippen LogP contribution in [0.1, 0.15) is 44.0 Å². The lowest BCUT2D eigenvalue weighted by atomic mass is 10.1. The minimum atomic E-state index is -5.08. The molecule has 1 aliphatic rings. The second kappa shape index (κ2) is 14.3. The molecule has 0 spiro atoms. The number of hydrogen-bond acceptors (Lipinski definition) is 5. The summed E-state index contributed by atoms with van der Waals surface area (Å²) in [5.74, 6) is -2.41. The minimum Gasteiger partial charge on any atom is -0.475 e. The molecule has 12 heteroatoms. The van der Waals surface area contributed by atoms with Crippen molar-refractivity contribution in [3.8, 4) is 0 Å². The third kappa shape index (κ3) is 11.7. The number of nitrogens with one attached hydrogen (secondary N) is 2. The molecule has 0 aromatic heterocycles. The number of rotatable bonds is 8. The monoisotopic (exact) mass is 502 g/mol. The summed E-state index contributed by atoms with van der Waals surface area (Å²) in [7, 11) is 0. The number of halogens is 3. The molecule has 1 fully saturated rings. The Kier molecular flexibility index (Phi) is 12.2. The molecule has 1 heterocycles. The normalized spacial score (nSPS) is 13.5. The van der Waals surface area contributed by atoms with E-state index < -0.39 is 12.1 Å². The Morgan fingerprint density at radius 2 is 1.63 bits per heavy atom. The lowest BCUT2D eigenvalue weighted by Gasteiger charge is -2.29. The summed E-state index contributed by atoms with van der Waals surface area (Å²) in [6.45, 7) is 9.83. The van der Waals surface area contributed by atoms with Gasteiger partial charge >= 0.3 is 12.1 Å². The fraction of sp³-hybridized carbons (Fsp3) is 0.565. The Morgan fingerprint density at radius 1 is 1.09 bits per heavy atom. The zero-order valence-corrected chi connectivity index (χ0v) is 20.2. The van der Waals surface area contributed by atoms with Gasteiger partial charge in [0.1, 0.15) is 0 Å². The topological polar surface area (TPSA) is 119 Å². The first-order chi connectivity index (χ1) is 16.3. The molecule has 0 radical (unpaired) electrons. The van der Waals surface area contributed by atoms with Gasteiger partial charge in [-0.25, -0.2) is 4.79 Å². The molecule has 1 saturated heterocycles. The number of nitrogens with zero attached hydrogens (tertiary/aromatic N) is 2. The highest BCUT2D eigenvalue weighted by Crippen LogP contribution is 2.14. The smallest absolute Gasteiger partial charge is 0.475 e. The van der Waals surface area contributed by atoms with Crippen LogP contribution in [-0.4, -0.2) is 84.0 Å². The van der Waals surface area contributed by atoms with E-state index in [2.05, 4.69) is 24.5 Å². The van der Waals surface area contributed by atoms with Gasteiger partial charge in [0, 0.05) is 63.9 Å². The van der Waals surface area contributed by atoms with Crippen molar-refractivity contribution in [3.05, 3.63) is 29.8 Å². The molecular formula is C23H33F3N4O5.